The van der Waals surface area contributed by atoms with Gasteiger partial charge in [-0.3, -0.25) is 0 Å². The molecule has 0 saturated carbocycles. The van der Waals surface area contributed by atoms with Crippen molar-refractivity contribution >= 4 is 11.3 Å². The summed E-state index contributed by atoms with van der Waals surface area (Å²) in [6.07, 6.45) is 1.25. The summed E-state index contributed by atoms with van der Waals surface area (Å²) in [6, 6.07) is 2.33. The van der Waals surface area contributed by atoms with Crippen LogP contribution in [0.1, 0.15) is 15.3 Å². The van der Waals surface area contributed by atoms with E-state index in [1.807, 2.05) is 11.3 Å². The molecule has 2 rings (SSSR count). The van der Waals surface area contributed by atoms with Gasteiger partial charge in [-0.2, -0.15) is 0 Å². The smallest absolute Gasteiger partial charge is 0.0241 e. The van der Waals surface area contributed by atoms with Crippen LogP contribution < -0.4 is 0 Å². The summed E-state index contributed by atoms with van der Waals surface area (Å²) >= 11 is 1.97. The van der Waals surface area contributed by atoms with Crippen LogP contribution in [0.4, 0.5) is 0 Å². The Bertz CT molecular complexity index is 265. The number of thiophene rings is 1. The van der Waals surface area contributed by atoms with Gasteiger partial charge >= 0.3 is 0 Å². The third kappa shape index (κ3) is 1.33. The molecule has 1 aliphatic heterocycles. The Hall–Kier alpha value is -0.340. The fraction of sp³-hybridized carbons (Fsp3) is 0.556. The standard InChI is InChI=1S/C9H13NS/c1-7-5-8-6-10(2)4-3-9(8)11-7/h5H,3-4,6H2,1-2H3. The maximum Gasteiger partial charge on any atom is 0.0241 e. The van der Waals surface area contributed by atoms with Crippen molar-refractivity contribution in [3.63, 3.8) is 0 Å². The first-order valence-electron chi connectivity index (χ1n) is 4.02. The van der Waals surface area contributed by atoms with Crippen LogP contribution in [0, 0.1) is 6.92 Å². The highest BCUT2D eigenvalue weighted by Crippen LogP contribution is 2.26. The van der Waals surface area contributed by atoms with Gasteiger partial charge in [0.2, 0.25) is 0 Å². The maximum absolute atomic E-state index is 2.38. The van der Waals surface area contributed by atoms with Gasteiger partial charge in [0.15, 0.2) is 0 Å². The minimum atomic E-state index is 1.15. The van der Waals surface area contributed by atoms with Crippen LogP contribution >= 0.6 is 11.3 Å². The van der Waals surface area contributed by atoms with Gasteiger partial charge in [0.1, 0.15) is 0 Å². The summed E-state index contributed by atoms with van der Waals surface area (Å²) < 4.78 is 0. The molecular formula is C9H13NS. The summed E-state index contributed by atoms with van der Waals surface area (Å²) in [5.41, 5.74) is 1.56. The summed E-state index contributed by atoms with van der Waals surface area (Å²) in [5, 5.41) is 0. The second-order valence-corrected chi connectivity index (χ2v) is 4.63. The Morgan fingerprint density at radius 3 is 3.18 bits per heavy atom. The SMILES string of the molecule is Cc1cc2c(s1)CCN(C)C2. The first-order valence-corrected chi connectivity index (χ1v) is 4.84. The zero-order valence-corrected chi connectivity index (χ0v) is 7.87. The highest BCUT2D eigenvalue weighted by atomic mass is 32.1. The number of rotatable bonds is 0. The number of hydrogen-bond acceptors (Lipinski definition) is 2. The number of fused-ring (bicyclic) bond motifs is 1. The van der Waals surface area contributed by atoms with E-state index in [-0.39, 0.29) is 0 Å². The van der Waals surface area contributed by atoms with E-state index in [9.17, 15) is 0 Å². The van der Waals surface area contributed by atoms with E-state index in [0.717, 1.165) is 6.54 Å². The van der Waals surface area contributed by atoms with Gasteiger partial charge in [0.25, 0.3) is 0 Å². The highest BCUT2D eigenvalue weighted by Gasteiger charge is 2.14. The fourth-order valence-electron chi connectivity index (χ4n) is 1.62. The van der Waals surface area contributed by atoms with Crippen LogP contribution in [0.2, 0.25) is 0 Å². The molecule has 0 N–H and O–H groups in total. The molecule has 1 aromatic rings. The molecule has 0 unspecified atom stereocenters. The largest absolute Gasteiger partial charge is 0.302 e. The summed E-state index contributed by atoms with van der Waals surface area (Å²) in [7, 11) is 2.19. The average molecular weight is 167 g/mol. The minimum absolute atomic E-state index is 1.15. The average Bonchev–Trinajstić information content (AvgIpc) is 2.27. The van der Waals surface area contributed by atoms with Crippen molar-refractivity contribution in [1.82, 2.24) is 4.90 Å². The van der Waals surface area contributed by atoms with E-state index in [1.54, 1.807) is 10.4 Å². The molecule has 1 aromatic heterocycles. The second-order valence-electron chi connectivity index (χ2n) is 3.29. The Labute approximate surface area is 71.7 Å². The van der Waals surface area contributed by atoms with Gasteiger partial charge in [-0.05, 0) is 32.0 Å². The Morgan fingerprint density at radius 1 is 1.55 bits per heavy atom. The molecule has 0 aliphatic carbocycles. The van der Waals surface area contributed by atoms with E-state index in [4.69, 9.17) is 0 Å². The van der Waals surface area contributed by atoms with E-state index >= 15 is 0 Å². The predicted octanol–water partition coefficient (Wildman–Crippen LogP) is 2.04. The first kappa shape index (κ1) is 7.32. The fourth-order valence-corrected chi connectivity index (χ4v) is 2.66. The monoisotopic (exact) mass is 167 g/mol. The molecule has 1 aliphatic rings. The molecule has 0 aromatic carbocycles. The first-order chi connectivity index (χ1) is 5.25. The molecule has 2 heterocycles. The molecule has 1 nitrogen and oxygen atoms in total. The third-order valence-corrected chi connectivity index (χ3v) is 3.33. The van der Waals surface area contributed by atoms with Crippen molar-refractivity contribution in [3.05, 3.63) is 21.4 Å². The normalized spacial score (nSPS) is 18.4. The molecule has 0 atom stereocenters. The number of likely N-dealkylation sites (N-methyl/N-ethyl adjacent to an activating group) is 1. The Morgan fingerprint density at radius 2 is 2.36 bits per heavy atom. The van der Waals surface area contributed by atoms with Crippen LogP contribution in [0.3, 0.4) is 0 Å². The predicted molar refractivity (Wildman–Crippen MR) is 49.1 cm³/mol. The molecule has 2 heteroatoms. The highest BCUT2D eigenvalue weighted by molar-refractivity contribution is 7.12. The van der Waals surface area contributed by atoms with Crippen molar-refractivity contribution < 1.29 is 0 Å². The molecule has 11 heavy (non-hydrogen) atoms. The van der Waals surface area contributed by atoms with Crippen molar-refractivity contribution in [2.45, 2.75) is 19.9 Å². The van der Waals surface area contributed by atoms with Gasteiger partial charge in [-0.1, -0.05) is 0 Å². The second kappa shape index (κ2) is 2.61. The van der Waals surface area contributed by atoms with Crippen molar-refractivity contribution in [3.8, 4) is 0 Å². The van der Waals surface area contributed by atoms with Crippen LogP contribution in [-0.4, -0.2) is 18.5 Å². The quantitative estimate of drug-likeness (QED) is 0.571. The molecule has 0 spiro atoms. The topological polar surface area (TPSA) is 3.24 Å². The van der Waals surface area contributed by atoms with E-state index in [0.29, 0.717) is 0 Å². The van der Waals surface area contributed by atoms with Crippen LogP contribution in [0.25, 0.3) is 0 Å². The van der Waals surface area contributed by atoms with Gasteiger partial charge in [-0.15, -0.1) is 11.3 Å². The lowest BCUT2D eigenvalue weighted by atomic mass is 10.1. The number of nitrogens with zero attached hydrogens (tertiary/aromatic N) is 1. The lowest BCUT2D eigenvalue weighted by Crippen LogP contribution is -2.25. The van der Waals surface area contributed by atoms with Crippen molar-refractivity contribution in [2.75, 3.05) is 13.6 Å². The van der Waals surface area contributed by atoms with Crippen molar-refractivity contribution in [2.24, 2.45) is 0 Å². The van der Waals surface area contributed by atoms with E-state index < -0.39 is 0 Å². The molecule has 0 amide bonds. The Kier molecular flexibility index (Phi) is 1.74. The van der Waals surface area contributed by atoms with Crippen molar-refractivity contribution in [1.29, 1.82) is 0 Å². The lowest BCUT2D eigenvalue weighted by Gasteiger charge is -2.21. The van der Waals surface area contributed by atoms with Crippen LogP contribution in [0.15, 0.2) is 6.07 Å². The lowest BCUT2D eigenvalue weighted by molar-refractivity contribution is 0.315. The Balaban J connectivity index is 2.34. The molecule has 0 saturated heterocycles. The van der Waals surface area contributed by atoms with Gasteiger partial charge in [0.05, 0.1) is 0 Å². The number of aryl methyl sites for hydroxylation is 1. The molecular weight excluding hydrogens is 154 g/mol. The van der Waals surface area contributed by atoms with Crippen LogP contribution in [0.5, 0.6) is 0 Å². The minimum Gasteiger partial charge on any atom is -0.302 e. The molecule has 0 fully saturated rings. The van der Waals surface area contributed by atoms with E-state index in [2.05, 4.69) is 24.9 Å². The zero-order chi connectivity index (χ0) is 7.84. The van der Waals surface area contributed by atoms with Crippen LogP contribution in [-0.2, 0) is 13.0 Å². The molecule has 0 radical (unpaired) electrons. The van der Waals surface area contributed by atoms with Gasteiger partial charge < -0.3 is 4.90 Å². The number of hydrogen-bond donors (Lipinski definition) is 0. The summed E-state index contributed by atoms with van der Waals surface area (Å²) in [5.74, 6) is 0. The molecule has 0 bridgehead atoms. The van der Waals surface area contributed by atoms with E-state index in [1.165, 1.54) is 17.8 Å². The molecule has 60 valence electrons. The maximum atomic E-state index is 2.38. The summed E-state index contributed by atoms with van der Waals surface area (Å²) in [6.45, 7) is 4.58. The van der Waals surface area contributed by atoms with Gasteiger partial charge in [0, 0.05) is 22.8 Å². The zero-order valence-electron chi connectivity index (χ0n) is 7.05. The van der Waals surface area contributed by atoms with Gasteiger partial charge in [-0.25, -0.2) is 0 Å². The third-order valence-electron chi connectivity index (χ3n) is 2.18. The summed E-state index contributed by atoms with van der Waals surface area (Å²) in [4.78, 5) is 5.46.